The average molecular weight is 551 g/mol. The van der Waals surface area contributed by atoms with Crippen molar-refractivity contribution in [2.45, 2.75) is 73.2 Å². The minimum absolute atomic E-state index is 0.0501. The topological polar surface area (TPSA) is 100 Å². The van der Waals surface area contributed by atoms with Gasteiger partial charge in [-0.25, -0.2) is 14.6 Å². The van der Waals surface area contributed by atoms with E-state index < -0.39 is 23.5 Å². The number of allylic oxidation sites excluding steroid dienone is 1. The zero-order chi connectivity index (χ0) is 29.5. The number of amides is 1. The maximum absolute atomic E-state index is 12.7. The molecular formula is C31H38N2O7. The highest BCUT2D eigenvalue weighted by Gasteiger charge is 2.27. The fourth-order valence-corrected chi connectivity index (χ4v) is 3.41. The van der Waals surface area contributed by atoms with Gasteiger partial charge in [0.2, 0.25) is 5.89 Å². The summed E-state index contributed by atoms with van der Waals surface area (Å²) in [7, 11) is 0. The van der Waals surface area contributed by atoms with Crippen molar-refractivity contribution in [2.24, 2.45) is 0 Å². The monoisotopic (exact) mass is 550 g/mol. The zero-order valence-corrected chi connectivity index (χ0v) is 24.4. The molecule has 0 saturated heterocycles. The van der Waals surface area contributed by atoms with Gasteiger partial charge in [-0.15, -0.1) is 5.06 Å². The SMILES string of the molecule is C/C(=C\CN(OC(=O)OC(C)(C)C)C(=O)OC(C)(C)C)c1cccc(OCc2nc(-c3ccccc3)oc2C)c1. The predicted molar refractivity (Wildman–Crippen MR) is 151 cm³/mol. The normalized spacial score (nSPS) is 12.1. The van der Waals surface area contributed by atoms with E-state index in [-0.39, 0.29) is 13.2 Å². The van der Waals surface area contributed by atoms with Crippen molar-refractivity contribution in [2.75, 3.05) is 6.54 Å². The van der Waals surface area contributed by atoms with Crippen molar-refractivity contribution in [3.8, 4) is 17.2 Å². The first-order valence-corrected chi connectivity index (χ1v) is 13.0. The van der Waals surface area contributed by atoms with Crippen LogP contribution in [0.2, 0.25) is 0 Å². The van der Waals surface area contributed by atoms with Gasteiger partial charge in [0.1, 0.15) is 35.0 Å². The lowest BCUT2D eigenvalue weighted by Gasteiger charge is -2.26. The molecule has 3 rings (SSSR count). The van der Waals surface area contributed by atoms with Crippen LogP contribution in [0.5, 0.6) is 5.75 Å². The van der Waals surface area contributed by atoms with Crippen molar-refractivity contribution in [1.82, 2.24) is 10.0 Å². The van der Waals surface area contributed by atoms with Crippen LogP contribution in [0.1, 0.15) is 65.5 Å². The minimum Gasteiger partial charge on any atom is -0.487 e. The largest absolute Gasteiger partial charge is 0.534 e. The molecule has 0 fully saturated rings. The third-order valence-corrected chi connectivity index (χ3v) is 5.31. The Kier molecular flexibility index (Phi) is 9.63. The first-order valence-electron chi connectivity index (χ1n) is 13.0. The van der Waals surface area contributed by atoms with Gasteiger partial charge in [-0.05, 0) is 90.8 Å². The van der Waals surface area contributed by atoms with Crippen molar-refractivity contribution < 1.29 is 33.1 Å². The number of oxazole rings is 1. The van der Waals surface area contributed by atoms with E-state index in [0.717, 1.165) is 21.8 Å². The summed E-state index contributed by atoms with van der Waals surface area (Å²) in [5.74, 6) is 1.88. The summed E-state index contributed by atoms with van der Waals surface area (Å²) in [6, 6.07) is 17.2. The molecule has 0 aliphatic heterocycles. The summed E-state index contributed by atoms with van der Waals surface area (Å²) in [6.45, 7) is 14.2. The Hall–Kier alpha value is -4.27. The Labute approximate surface area is 235 Å². The summed E-state index contributed by atoms with van der Waals surface area (Å²) in [5.41, 5.74) is 1.74. The van der Waals surface area contributed by atoms with Crippen molar-refractivity contribution in [3.05, 3.63) is 77.7 Å². The third-order valence-electron chi connectivity index (χ3n) is 5.31. The maximum Gasteiger partial charge on any atom is 0.534 e. The number of hydroxylamine groups is 2. The summed E-state index contributed by atoms with van der Waals surface area (Å²) in [4.78, 5) is 34.7. The molecule has 9 heteroatoms. The van der Waals surface area contributed by atoms with E-state index in [4.69, 9.17) is 23.5 Å². The Bertz CT molecular complexity index is 1330. The van der Waals surface area contributed by atoms with Crippen LogP contribution in [-0.4, -0.2) is 40.0 Å². The maximum atomic E-state index is 12.7. The van der Waals surface area contributed by atoms with Gasteiger partial charge in [-0.3, -0.25) is 4.84 Å². The number of aryl methyl sites for hydroxylation is 1. The number of carbonyl (C=O) groups excluding carboxylic acids is 2. The Morgan fingerprint density at radius 2 is 1.62 bits per heavy atom. The molecule has 0 bridgehead atoms. The predicted octanol–water partition coefficient (Wildman–Crippen LogP) is 7.74. The average Bonchev–Trinajstić information content (AvgIpc) is 3.24. The molecule has 2 aromatic carbocycles. The minimum atomic E-state index is -1.00. The fourth-order valence-electron chi connectivity index (χ4n) is 3.41. The van der Waals surface area contributed by atoms with E-state index >= 15 is 0 Å². The van der Waals surface area contributed by atoms with E-state index in [1.165, 1.54) is 0 Å². The van der Waals surface area contributed by atoms with E-state index in [1.807, 2.05) is 68.4 Å². The highest BCUT2D eigenvalue weighted by molar-refractivity contribution is 5.71. The summed E-state index contributed by atoms with van der Waals surface area (Å²) < 4.78 is 22.4. The number of ether oxygens (including phenoxy) is 3. The van der Waals surface area contributed by atoms with Gasteiger partial charge < -0.3 is 18.6 Å². The van der Waals surface area contributed by atoms with Gasteiger partial charge in [0.15, 0.2) is 0 Å². The molecule has 9 nitrogen and oxygen atoms in total. The molecule has 3 aromatic rings. The van der Waals surface area contributed by atoms with Crippen LogP contribution in [0.4, 0.5) is 9.59 Å². The van der Waals surface area contributed by atoms with E-state index in [1.54, 1.807) is 47.6 Å². The lowest BCUT2D eigenvalue weighted by atomic mass is 10.1. The standard InChI is InChI=1S/C31H38N2O7/c1-21(17-18-33(28(34)38-30(3,4)5)40-29(35)39-31(6,7)8)24-15-12-16-25(19-24)36-20-26-22(2)37-27(32-26)23-13-10-9-11-14-23/h9-17,19H,18,20H2,1-8H3/b21-17+. The molecule has 0 N–H and O–H groups in total. The first-order chi connectivity index (χ1) is 18.7. The number of hydrogen-bond acceptors (Lipinski definition) is 8. The number of carbonyl (C=O) groups is 2. The Morgan fingerprint density at radius 1 is 0.950 bits per heavy atom. The van der Waals surface area contributed by atoms with Crippen LogP contribution in [0.15, 0.2) is 65.1 Å². The van der Waals surface area contributed by atoms with Crippen molar-refractivity contribution in [1.29, 1.82) is 0 Å². The molecule has 214 valence electrons. The Morgan fingerprint density at radius 3 is 2.27 bits per heavy atom. The van der Waals surface area contributed by atoms with Crippen LogP contribution < -0.4 is 4.74 Å². The molecule has 1 heterocycles. The second kappa shape index (κ2) is 12.7. The molecule has 0 unspecified atom stereocenters. The number of rotatable bonds is 7. The van der Waals surface area contributed by atoms with Crippen LogP contribution in [0.25, 0.3) is 17.0 Å². The van der Waals surface area contributed by atoms with Gasteiger partial charge in [0, 0.05) is 5.56 Å². The van der Waals surface area contributed by atoms with Gasteiger partial charge >= 0.3 is 12.2 Å². The third kappa shape index (κ3) is 9.48. The number of benzene rings is 2. The highest BCUT2D eigenvalue weighted by Crippen LogP contribution is 2.24. The quantitative estimate of drug-likeness (QED) is 0.218. The molecule has 0 aliphatic rings. The molecule has 0 spiro atoms. The lowest BCUT2D eigenvalue weighted by Crippen LogP contribution is -2.39. The zero-order valence-electron chi connectivity index (χ0n) is 24.4. The molecule has 1 aromatic heterocycles. The smallest absolute Gasteiger partial charge is 0.487 e. The molecule has 40 heavy (non-hydrogen) atoms. The number of hydrogen-bond donors (Lipinski definition) is 0. The number of nitrogens with zero attached hydrogens (tertiary/aromatic N) is 2. The van der Waals surface area contributed by atoms with Gasteiger partial charge in [-0.1, -0.05) is 36.4 Å². The van der Waals surface area contributed by atoms with Crippen LogP contribution in [-0.2, 0) is 20.9 Å². The summed E-state index contributed by atoms with van der Waals surface area (Å²) in [5, 5.41) is 0.834. The highest BCUT2D eigenvalue weighted by atomic mass is 16.8. The molecule has 1 amide bonds. The summed E-state index contributed by atoms with van der Waals surface area (Å²) in [6.07, 6.45) is -0.0582. The Balaban J connectivity index is 1.69. The fraction of sp³-hybridized carbons (Fsp3) is 0.387. The van der Waals surface area contributed by atoms with Crippen LogP contribution >= 0.6 is 0 Å². The van der Waals surface area contributed by atoms with Crippen molar-refractivity contribution >= 4 is 17.8 Å². The van der Waals surface area contributed by atoms with Gasteiger partial charge in [-0.2, -0.15) is 0 Å². The second-order valence-corrected chi connectivity index (χ2v) is 11.2. The second-order valence-electron chi connectivity index (χ2n) is 11.2. The molecule has 0 saturated carbocycles. The summed E-state index contributed by atoms with van der Waals surface area (Å²) >= 11 is 0. The van der Waals surface area contributed by atoms with E-state index in [0.29, 0.717) is 23.1 Å². The van der Waals surface area contributed by atoms with Crippen LogP contribution in [0, 0.1) is 6.92 Å². The van der Waals surface area contributed by atoms with Gasteiger partial charge in [0.25, 0.3) is 0 Å². The first kappa shape index (κ1) is 30.3. The van der Waals surface area contributed by atoms with Gasteiger partial charge in [0.05, 0.1) is 6.54 Å². The van der Waals surface area contributed by atoms with E-state index in [9.17, 15) is 9.59 Å². The molecular weight excluding hydrogens is 512 g/mol. The van der Waals surface area contributed by atoms with Crippen molar-refractivity contribution in [3.63, 3.8) is 0 Å². The molecule has 0 radical (unpaired) electrons. The van der Waals surface area contributed by atoms with Crippen LogP contribution in [0.3, 0.4) is 0 Å². The molecule has 0 aliphatic carbocycles. The number of aromatic nitrogens is 1. The van der Waals surface area contributed by atoms with E-state index in [2.05, 4.69) is 4.98 Å². The molecule has 0 atom stereocenters. The lowest BCUT2D eigenvalue weighted by molar-refractivity contribution is -0.130.